The number of hydrogen-bond donors (Lipinski definition) is 2. The van der Waals surface area contributed by atoms with Gasteiger partial charge in [0.1, 0.15) is 0 Å². The molecule has 0 spiro atoms. The molecule has 39 heavy (non-hydrogen) atoms. The lowest BCUT2D eigenvalue weighted by atomic mass is 10.1. The number of piperidine rings is 1. The molecule has 0 aliphatic carbocycles. The van der Waals surface area contributed by atoms with Crippen molar-refractivity contribution >= 4 is 45.4 Å². The maximum Gasteiger partial charge on any atom is 0.335 e. The first-order valence-corrected chi connectivity index (χ1v) is 14.1. The topological polar surface area (TPSA) is 85.8 Å². The Morgan fingerprint density at radius 2 is 1.54 bits per heavy atom. The molecule has 1 aromatic heterocycles. The van der Waals surface area contributed by atoms with E-state index in [4.69, 9.17) is 4.98 Å². The summed E-state index contributed by atoms with van der Waals surface area (Å²) < 4.78 is 0. The molecule has 8 heteroatoms. The molecule has 7 nitrogen and oxygen atoms in total. The van der Waals surface area contributed by atoms with Crippen molar-refractivity contribution in [2.24, 2.45) is 0 Å². The third kappa shape index (κ3) is 6.12. The van der Waals surface area contributed by atoms with Gasteiger partial charge in [-0.25, -0.2) is 9.78 Å². The van der Waals surface area contributed by atoms with Crippen LogP contribution in [0, 0.1) is 0 Å². The van der Waals surface area contributed by atoms with Crippen LogP contribution in [0.2, 0.25) is 0 Å². The fourth-order valence-corrected chi connectivity index (χ4v) is 5.79. The summed E-state index contributed by atoms with van der Waals surface area (Å²) in [6.07, 6.45) is 3.73. The van der Waals surface area contributed by atoms with Crippen LogP contribution in [-0.4, -0.2) is 41.1 Å². The average Bonchev–Trinajstić information content (AvgIpc) is 3.44. The molecule has 2 heterocycles. The van der Waals surface area contributed by atoms with Crippen molar-refractivity contribution in [1.82, 2.24) is 4.98 Å². The third-order valence-electron chi connectivity index (χ3n) is 6.90. The molecule has 2 N–H and O–H groups in total. The van der Waals surface area contributed by atoms with Gasteiger partial charge in [-0.1, -0.05) is 12.1 Å². The lowest BCUT2D eigenvalue weighted by Gasteiger charge is -2.28. The van der Waals surface area contributed by atoms with Crippen LogP contribution in [0.1, 0.15) is 53.8 Å². The second-order valence-electron chi connectivity index (χ2n) is 9.96. The van der Waals surface area contributed by atoms with Gasteiger partial charge in [0.2, 0.25) is 0 Å². The fourth-order valence-electron chi connectivity index (χ4n) is 4.80. The number of nitrogens with zero attached hydrogens (tertiary/aromatic N) is 3. The molecule has 1 fully saturated rings. The van der Waals surface area contributed by atoms with E-state index < -0.39 is 5.97 Å². The van der Waals surface area contributed by atoms with Crippen LogP contribution in [0.3, 0.4) is 0 Å². The number of amides is 1. The number of carbonyl (C=O) groups excluding carboxylic acids is 1. The largest absolute Gasteiger partial charge is 0.478 e. The monoisotopic (exact) mass is 540 g/mol. The first kappa shape index (κ1) is 26.4. The number of carboxylic acids is 1. The predicted octanol–water partition coefficient (Wildman–Crippen LogP) is 7.30. The van der Waals surface area contributed by atoms with E-state index in [1.807, 2.05) is 66.0 Å². The summed E-state index contributed by atoms with van der Waals surface area (Å²) in [4.78, 5) is 33.4. The quantitative estimate of drug-likeness (QED) is 0.244. The Morgan fingerprint density at radius 3 is 2.15 bits per heavy atom. The first-order chi connectivity index (χ1) is 18.9. The summed E-state index contributed by atoms with van der Waals surface area (Å²) in [5, 5.41) is 15.0. The highest BCUT2D eigenvalue weighted by Crippen LogP contribution is 2.34. The van der Waals surface area contributed by atoms with E-state index in [0.717, 1.165) is 40.9 Å². The highest BCUT2D eigenvalue weighted by Gasteiger charge is 2.18. The van der Waals surface area contributed by atoms with Gasteiger partial charge in [0.15, 0.2) is 5.13 Å². The zero-order chi connectivity index (χ0) is 27.4. The van der Waals surface area contributed by atoms with E-state index in [-0.39, 0.29) is 17.5 Å². The number of anilines is 4. The van der Waals surface area contributed by atoms with Crippen LogP contribution < -0.4 is 15.1 Å². The van der Waals surface area contributed by atoms with Gasteiger partial charge >= 0.3 is 5.97 Å². The minimum absolute atomic E-state index is 0.131. The van der Waals surface area contributed by atoms with Crippen molar-refractivity contribution < 1.29 is 14.7 Å². The van der Waals surface area contributed by atoms with Gasteiger partial charge in [0.05, 0.1) is 11.3 Å². The molecule has 0 saturated carbocycles. The van der Waals surface area contributed by atoms with Crippen LogP contribution in [0.15, 0.2) is 78.2 Å². The summed E-state index contributed by atoms with van der Waals surface area (Å²) >= 11 is 1.53. The van der Waals surface area contributed by atoms with Gasteiger partial charge in [0, 0.05) is 52.7 Å². The van der Waals surface area contributed by atoms with Crippen LogP contribution >= 0.6 is 11.3 Å². The summed E-state index contributed by atoms with van der Waals surface area (Å²) in [5.41, 5.74) is 5.46. The summed E-state index contributed by atoms with van der Waals surface area (Å²) in [6.45, 7) is 6.30. The number of benzene rings is 3. The maximum absolute atomic E-state index is 12.8. The SMILES string of the molecule is CC(C)N(c1ccc(C(=O)O)cc1)c1nc(-c2ccc(NC(=O)c3ccc(N4CCCCC4)cc3)cc2)cs1. The molecule has 4 aromatic rings. The molecule has 1 aliphatic rings. The van der Waals surface area contributed by atoms with Crippen molar-refractivity contribution in [3.63, 3.8) is 0 Å². The highest BCUT2D eigenvalue weighted by atomic mass is 32.1. The number of hydrogen-bond acceptors (Lipinski definition) is 6. The summed E-state index contributed by atoms with van der Waals surface area (Å²) in [7, 11) is 0. The number of carbonyl (C=O) groups is 2. The standard InChI is InChI=1S/C31H32N4O3S/c1-21(2)35(27-16-10-24(11-17-27)30(37)38)31-33-28(20-39-31)22-6-12-25(13-7-22)32-29(36)23-8-14-26(15-9-23)34-18-4-3-5-19-34/h6-17,20-21H,3-5,18-19H2,1-2H3,(H,32,36)(H,37,38). The van der Waals surface area contributed by atoms with Gasteiger partial charge in [-0.15, -0.1) is 11.3 Å². The van der Waals surface area contributed by atoms with Crippen LogP contribution in [0.5, 0.6) is 0 Å². The van der Waals surface area contributed by atoms with E-state index in [9.17, 15) is 14.7 Å². The van der Waals surface area contributed by atoms with Crippen molar-refractivity contribution in [2.45, 2.75) is 39.2 Å². The second kappa shape index (κ2) is 11.7. The van der Waals surface area contributed by atoms with E-state index in [2.05, 4.69) is 29.0 Å². The van der Waals surface area contributed by atoms with E-state index in [1.54, 1.807) is 12.1 Å². The number of carboxylic acid groups (broad SMARTS) is 1. The molecule has 1 saturated heterocycles. The van der Waals surface area contributed by atoms with Gasteiger partial charge < -0.3 is 20.2 Å². The van der Waals surface area contributed by atoms with Crippen LogP contribution in [0.25, 0.3) is 11.3 Å². The number of rotatable bonds is 8. The molecule has 3 aromatic carbocycles. The fraction of sp³-hybridized carbons (Fsp3) is 0.258. The smallest absolute Gasteiger partial charge is 0.335 e. The molecule has 0 radical (unpaired) electrons. The van der Waals surface area contributed by atoms with Crippen molar-refractivity contribution in [2.75, 3.05) is 28.2 Å². The van der Waals surface area contributed by atoms with Gasteiger partial charge in [-0.05, 0) is 93.8 Å². The minimum atomic E-state index is -0.945. The molecule has 1 amide bonds. The van der Waals surface area contributed by atoms with E-state index >= 15 is 0 Å². The van der Waals surface area contributed by atoms with E-state index in [1.165, 1.54) is 36.3 Å². The zero-order valence-electron chi connectivity index (χ0n) is 22.1. The van der Waals surface area contributed by atoms with E-state index in [0.29, 0.717) is 5.56 Å². The normalized spacial score (nSPS) is 13.4. The molecular formula is C31H32N4O3S. The average molecular weight is 541 g/mol. The number of thiazole rings is 1. The molecular weight excluding hydrogens is 508 g/mol. The van der Waals surface area contributed by atoms with Crippen molar-refractivity contribution in [3.8, 4) is 11.3 Å². The Hall–Kier alpha value is -4.17. The van der Waals surface area contributed by atoms with Gasteiger partial charge in [-0.2, -0.15) is 0 Å². The maximum atomic E-state index is 12.8. The second-order valence-corrected chi connectivity index (χ2v) is 10.8. The highest BCUT2D eigenvalue weighted by molar-refractivity contribution is 7.14. The summed E-state index contributed by atoms with van der Waals surface area (Å²) in [6, 6.07) is 22.5. The van der Waals surface area contributed by atoms with Gasteiger partial charge in [-0.3, -0.25) is 4.79 Å². The molecule has 0 atom stereocenters. The van der Waals surface area contributed by atoms with Gasteiger partial charge in [0.25, 0.3) is 5.91 Å². The number of aromatic carboxylic acids is 1. The van der Waals surface area contributed by atoms with Crippen molar-refractivity contribution in [3.05, 3.63) is 89.3 Å². The Balaban J connectivity index is 1.25. The Morgan fingerprint density at radius 1 is 0.897 bits per heavy atom. The summed E-state index contributed by atoms with van der Waals surface area (Å²) in [5.74, 6) is -1.08. The molecule has 200 valence electrons. The molecule has 1 aliphatic heterocycles. The number of nitrogens with one attached hydrogen (secondary N) is 1. The lowest BCUT2D eigenvalue weighted by molar-refractivity contribution is 0.0696. The van der Waals surface area contributed by atoms with Crippen LogP contribution in [-0.2, 0) is 0 Å². The Labute approximate surface area is 232 Å². The predicted molar refractivity (Wildman–Crippen MR) is 159 cm³/mol. The third-order valence-corrected chi connectivity index (χ3v) is 7.74. The Bertz CT molecular complexity index is 1420. The van der Waals surface area contributed by atoms with Crippen LogP contribution in [0.4, 0.5) is 22.2 Å². The zero-order valence-corrected chi connectivity index (χ0v) is 22.9. The minimum Gasteiger partial charge on any atom is -0.478 e. The molecule has 0 unspecified atom stereocenters. The molecule has 5 rings (SSSR count). The Kier molecular flexibility index (Phi) is 7.93. The van der Waals surface area contributed by atoms with Crippen molar-refractivity contribution in [1.29, 1.82) is 0 Å². The lowest BCUT2D eigenvalue weighted by Crippen LogP contribution is -2.29. The first-order valence-electron chi connectivity index (χ1n) is 13.2. The molecule has 0 bridgehead atoms. The number of aromatic nitrogens is 1.